The lowest BCUT2D eigenvalue weighted by Gasteiger charge is -2.41. The van der Waals surface area contributed by atoms with Gasteiger partial charge in [-0.25, -0.2) is 4.79 Å². The summed E-state index contributed by atoms with van der Waals surface area (Å²) >= 11 is 5.82. The molecule has 17 heavy (non-hydrogen) atoms. The first-order valence-electron chi connectivity index (χ1n) is 5.89. The molecule has 1 saturated heterocycles. The topological polar surface area (TPSA) is 40.5 Å². The highest BCUT2D eigenvalue weighted by molar-refractivity contribution is 6.31. The minimum atomic E-state index is -0.915. The zero-order valence-electron chi connectivity index (χ0n) is 9.82. The van der Waals surface area contributed by atoms with Gasteiger partial charge in [0, 0.05) is 18.1 Å². The van der Waals surface area contributed by atoms with E-state index in [-0.39, 0.29) is 0 Å². The number of rotatable bonds is 4. The lowest BCUT2D eigenvalue weighted by molar-refractivity contribution is 0.0697. The monoisotopic (exact) mass is 253 g/mol. The number of benzene rings is 1. The SMILES string of the molecule is CCCC1CN(c2ccc(Cl)cc2C(=O)O)C1. The normalized spacial score (nSPS) is 15.8. The van der Waals surface area contributed by atoms with Crippen molar-refractivity contribution in [3.05, 3.63) is 28.8 Å². The van der Waals surface area contributed by atoms with Gasteiger partial charge in [-0.2, -0.15) is 0 Å². The highest BCUT2D eigenvalue weighted by atomic mass is 35.5. The van der Waals surface area contributed by atoms with Crippen LogP contribution in [0.4, 0.5) is 5.69 Å². The average molecular weight is 254 g/mol. The Morgan fingerprint density at radius 3 is 2.82 bits per heavy atom. The molecule has 0 aromatic heterocycles. The Bertz CT molecular complexity index is 427. The van der Waals surface area contributed by atoms with E-state index in [1.165, 1.54) is 18.9 Å². The number of anilines is 1. The van der Waals surface area contributed by atoms with Gasteiger partial charge in [0.05, 0.1) is 11.3 Å². The largest absolute Gasteiger partial charge is 0.478 e. The molecule has 1 heterocycles. The van der Waals surface area contributed by atoms with Crippen molar-refractivity contribution in [2.24, 2.45) is 5.92 Å². The van der Waals surface area contributed by atoms with Crippen molar-refractivity contribution in [2.45, 2.75) is 19.8 Å². The van der Waals surface area contributed by atoms with Gasteiger partial charge < -0.3 is 10.0 Å². The number of carbonyl (C=O) groups is 1. The molecule has 1 aromatic carbocycles. The summed E-state index contributed by atoms with van der Waals surface area (Å²) in [6.07, 6.45) is 2.40. The van der Waals surface area contributed by atoms with E-state index in [2.05, 4.69) is 11.8 Å². The van der Waals surface area contributed by atoms with E-state index in [9.17, 15) is 4.79 Å². The molecule has 0 atom stereocenters. The number of nitrogens with zero attached hydrogens (tertiary/aromatic N) is 1. The lowest BCUT2D eigenvalue weighted by Crippen LogP contribution is -2.47. The van der Waals surface area contributed by atoms with Crippen molar-refractivity contribution in [2.75, 3.05) is 18.0 Å². The fourth-order valence-corrected chi connectivity index (χ4v) is 2.48. The van der Waals surface area contributed by atoms with E-state index in [0.717, 1.165) is 18.8 Å². The highest BCUT2D eigenvalue weighted by Crippen LogP contribution is 2.31. The number of aromatic carboxylic acids is 1. The summed E-state index contributed by atoms with van der Waals surface area (Å²) in [5, 5.41) is 9.61. The Balaban J connectivity index is 2.14. The van der Waals surface area contributed by atoms with Gasteiger partial charge in [0.25, 0.3) is 0 Å². The molecule has 1 aliphatic rings. The van der Waals surface area contributed by atoms with Crippen molar-refractivity contribution >= 4 is 23.3 Å². The zero-order valence-corrected chi connectivity index (χ0v) is 10.6. The predicted octanol–water partition coefficient (Wildman–Crippen LogP) is 3.27. The van der Waals surface area contributed by atoms with Gasteiger partial charge in [0.2, 0.25) is 0 Å². The summed E-state index contributed by atoms with van der Waals surface area (Å²) < 4.78 is 0. The molecule has 0 spiro atoms. The third kappa shape index (κ3) is 2.55. The maximum Gasteiger partial charge on any atom is 0.337 e. The molecule has 1 aromatic rings. The van der Waals surface area contributed by atoms with E-state index >= 15 is 0 Å². The number of carboxylic acid groups (broad SMARTS) is 1. The van der Waals surface area contributed by atoms with Crippen LogP contribution in [0.25, 0.3) is 0 Å². The van der Waals surface area contributed by atoms with Crippen LogP contribution in [0.5, 0.6) is 0 Å². The van der Waals surface area contributed by atoms with E-state index in [4.69, 9.17) is 16.7 Å². The molecule has 0 amide bonds. The van der Waals surface area contributed by atoms with Crippen LogP contribution in [0, 0.1) is 5.92 Å². The number of halogens is 1. The van der Waals surface area contributed by atoms with Gasteiger partial charge in [-0.1, -0.05) is 24.9 Å². The van der Waals surface area contributed by atoms with E-state index in [1.807, 2.05) is 0 Å². The summed E-state index contributed by atoms with van der Waals surface area (Å²) in [4.78, 5) is 13.3. The summed E-state index contributed by atoms with van der Waals surface area (Å²) in [5.41, 5.74) is 1.08. The second-order valence-corrected chi connectivity index (χ2v) is 4.96. The first kappa shape index (κ1) is 12.2. The quantitative estimate of drug-likeness (QED) is 0.895. The van der Waals surface area contributed by atoms with Crippen molar-refractivity contribution in [1.29, 1.82) is 0 Å². The molecule has 0 aliphatic carbocycles. The molecule has 4 heteroatoms. The second-order valence-electron chi connectivity index (χ2n) is 4.53. The average Bonchev–Trinajstić information content (AvgIpc) is 2.23. The number of carboxylic acids is 1. The minimum absolute atomic E-state index is 0.299. The minimum Gasteiger partial charge on any atom is -0.478 e. The standard InChI is InChI=1S/C13H16ClNO2/c1-2-3-9-7-15(8-9)12-5-4-10(14)6-11(12)13(16)17/h4-6,9H,2-3,7-8H2,1H3,(H,16,17). The van der Waals surface area contributed by atoms with Gasteiger partial charge in [-0.05, 0) is 30.5 Å². The Morgan fingerprint density at radius 1 is 1.53 bits per heavy atom. The fourth-order valence-electron chi connectivity index (χ4n) is 2.31. The Labute approximate surface area is 106 Å². The van der Waals surface area contributed by atoms with Crippen LogP contribution in [-0.4, -0.2) is 24.2 Å². The van der Waals surface area contributed by atoms with Gasteiger partial charge in [-0.3, -0.25) is 0 Å². The molecule has 92 valence electrons. The molecule has 0 unspecified atom stereocenters. The van der Waals surface area contributed by atoms with E-state index in [1.54, 1.807) is 12.1 Å². The molecule has 1 N–H and O–H groups in total. The zero-order chi connectivity index (χ0) is 12.4. The Hall–Kier alpha value is -1.22. The third-order valence-corrected chi connectivity index (χ3v) is 3.42. The van der Waals surface area contributed by atoms with Crippen LogP contribution in [0.1, 0.15) is 30.1 Å². The third-order valence-electron chi connectivity index (χ3n) is 3.18. The lowest BCUT2D eigenvalue weighted by atomic mass is 9.93. The highest BCUT2D eigenvalue weighted by Gasteiger charge is 2.28. The summed E-state index contributed by atoms with van der Waals surface area (Å²) in [6.45, 7) is 4.08. The molecule has 2 rings (SSSR count). The molecule has 0 saturated carbocycles. The summed E-state index contributed by atoms with van der Waals surface area (Å²) in [6, 6.07) is 5.07. The summed E-state index contributed by atoms with van der Waals surface area (Å²) in [5.74, 6) is -0.209. The van der Waals surface area contributed by atoms with Crippen molar-refractivity contribution in [3.8, 4) is 0 Å². The van der Waals surface area contributed by atoms with Crippen LogP contribution in [0.3, 0.4) is 0 Å². The molecule has 0 radical (unpaired) electrons. The fraction of sp³-hybridized carbons (Fsp3) is 0.462. The van der Waals surface area contributed by atoms with Gasteiger partial charge >= 0.3 is 5.97 Å². The van der Waals surface area contributed by atoms with Gasteiger partial charge in [-0.15, -0.1) is 0 Å². The molecular formula is C13H16ClNO2. The molecular weight excluding hydrogens is 238 g/mol. The van der Waals surface area contributed by atoms with Crippen LogP contribution in [0.15, 0.2) is 18.2 Å². The van der Waals surface area contributed by atoms with Crippen LogP contribution >= 0.6 is 11.6 Å². The smallest absolute Gasteiger partial charge is 0.337 e. The molecule has 1 fully saturated rings. The van der Waals surface area contributed by atoms with Crippen molar-refractivity contribution in [3.63, 3.8) is 0 Å². The van der Waals surface area contributed by atoms with Crippen LogP contribution in [0.2, 0.25) is 5.02 Å². The second kappa shape index (κ2) is 4.96. The molecule has 1 aliphatic heterocycles. The van der Waals surface area contributed by atoms with Crippen molar-refractivity contribution < 1.29 is 9.90 Å². The van der Waals surface area contributed by atoms with Crippen molar-refractivity contribution in [1.82, 2.24) is 0 Å². The summed E-state index contributed by atoms with van der Waals surface area (Å²) in [7, 11) is 0. The molecule has 3 nitrogen and oxygen atoms in total. The van der Waals surface area contributed by atoms with E-state index < -0.39 is 5.97 Å². The first-order valence-corrected chi connectivity index (χ1v) is 6.27. The first-order chi connectivity index (χ1) is 8.11. The molecule has 0 bridgehead atoms. The maximum absolute atomic E-state index is 11.1. The Morgan fingerprint density at radius 2 is 2.24 bits per heavy atom. The predicted molar refractivity (Wildman–Crippen MR) is 69.0 cm³/mol. The van der Waals surface area contributed by atoms with Crippen LogP contribution in [-0.2, 0) is 0 Å². The number of hydrogen-bond donors (Lipinski definition) is 1. The van der Waals surface area contributed by atoms with E-state index in [0.29, 0.717) is 16.5 Å². The number of hydrogen-bond acceptors (Lipinski definition) is 2. The maximum atomic E-state index is 11.1. The Kier molecular flexibility index (Phi) is 3.57. The van der Waals surface area contributed by atoms with Crippen LogP contribution < -0.4 is 4.90 Å². The van der Waals surface area contributed by atoms with Gasteiger partial charge in [0.15, 0.2) is 0 Å². The van der Waals surface area contributed by atoms with Gasteiger partial charge in [0.1, 0.15) is 0 Å².